The first-order valence-electron chi connectivity index (χ1n) is 3.88. The van der Waals surface area contributed by atoms with Gasteiger partial charge in [0, 0.05) is 5.39 Å². The number of ether oxygens (including phenoxy) is 1. The Morgan fingerprint density at radius 3 is 2.93 bits per heavy atom. The molecular weight excluding hydrogens is 184 g/mol. The van der Waals surface area contributed by atoms with Gasteiger partial charge in [-0.2, -0.15) is 10.2 Å². The first-order valence-corrected chi connectivity index (χ1v) is 3.88. The van der Waals surface area contributed by atoms with Crippen molar-refractivity contribution >= 4 is 17.1 Å². The summed E-state index contributed by atoms with van der Waals surface area (Å²) in [5, 5.41) is 16.5. The van der Waals surface area contributed by atoms with Crippen LogP contribution >= 0.6 is 0 Å². The van der Waals surface area contributed by atoms with Crippen molar-refractivity contribution in [2.24, 2.45) is 0 Å². The molecule has 0 radical (unpaired) electrons. The number of hydrogen-bond acceptors (Lipinski definition) is 4. The summed E-state index contributed by atoms with van der Waals surface area (Å²) in [6.07, 6.45) is -0.0839. The van der Waals surface area contributed by atoms with Gasteiger partial charge < -0.3 is 9.84 Å². The van der Waals surface area contributed by atoms with E-state index in [1.807, 2.05) is 0 Å². The first kappa shape index (κ1) is 8.43. The Hall–Kier alpha value is -2.17. The third-order valence-corrected chi connectivity index (χ3v) is 1.71. The molecule has 0 bridgehead atoms. The number of fused-ring (bicyclic) bond motifs is 1. The third kappa shape index (κ3) is 1.47. The van der Waals surface area contributed by atoms with E-state index < -0.39 is 6.16 Å². The molecule has 0 saturated heterocycles. The van der Waals surface area contributed by atoms with Gasteiger partial charge >= 0.3 is 6.16 Å². The fourth-order valence-electron chi connectivity index (χ4n) is 1.16. The molecule has 0 aliphatic heterocycles. The molecule has 1 aromatic heterocycles. The molecule has 2 rings (SSSR count). The molecule has 0 amide bonds. The summed E-state index contributed by atoms with van der Waals surface area (Å²) in [6.45, 7) is 0. The van der Waals surface area contributed by atoms with Crippen LogP contribution in [-0.2, 0) is 0 Å². The summed E-state index contributed by atoms with van der Waals surface area (Å²) in [5.74, 6) is 0.197. The van der Waals surface area contributed by atoms with Crippen LogP contribution in [0.2, 0.25) is 0 Å². The lowest BCUT2D eigenvalue weighted by Gasteiger charge is -2.01. The van der Waals surface area contributed by atoms with Crippen LogP contribution in [0.3, 0.4) is 0 Å². The van der Waals surface area contributed by atoms with Gasteiger partial charge in [0.1, 0.15) is 0 Å². The van der Waals surface area contributed by atoms with Crippen LogP contribution in [-0.4, -0.2) is 21.5 Å². The number of hydrogen-bond donors (Lipinski definition) is 1. The van der Waals surface area contributed by atoms with Crippen molar-refractivity contribution in [3.63, 3.8) is 0 Å². The highest BCUT2D eigenvalue weighted by molar-refractivity contribution is 5.85. The molecule has 1 heterocycles. The fraction of sp³-hybridized carbons (Fsp3) is 0. The summed E-state index contributed by atoms with van der Waals surface area (Å²) in [6, 6.07) is 7.03. The van der Waals surface area contributed by atoms with Crippen LogP contribution in [0, 0.1) is 0 Å². The van der Waals surface area contributed by atoms with Gasteiger partial charge in [0.15, 0.2) is 5.75 Å². The Labute approximate surface area is 79.0 Å². The Balaban J connectivity index is 2.59. The second-order valence-corrected chi connectivity index (χ2v) is 2.59. The highest BCUT2D eigenvalue weighted by Crippen LogP contribution is 2.21. The summed E-state index contributed by atoms with van der Waals surface area (Å²) in [4.78, 5) is 10.3. The summed E-state index contributed by atoms with van der Waals surface area (Å²) < 4.78 is 4.54. The summed E-state index contributed by atoms with van der Waals surface area (Å²) in [5.41, 5.74) is 0.603. The lowest BCUT2D eigenvalue weighted by Crippen LogP contribution is -2.04. The Kier molecular flexibility index (Phi) is 1.98. The van der Waals surface area contributed by atoms with Gasteiger partial charge in [-0.15, -0.1) is 0 Å². The molecule has 0 fully saturated rings. The average Bonchev–Trinajstić information content (AvgIpc) is 2.18. The minimum Gasteiger partial charge on any atom is -0.449 e. The van der Waals surface area contributed by atoms with Crippen LogP contribution in [0.25, 0.3) is 10.9 Å². The molecule has 14 heavy (non-hydrogen) atoms. The van der Waals surface area contributed by atoms with Gasteiger partial charge in [0.05, 0.1) is 11.7 Å². The zero-order valence-electron chi connectivity index (χ0n) is 7.04. The van der Waals surface area contributed by atoms with Crippen LogP contribution < -0.4 is 4.74 Å². The second-order valence-electron chi connectivity index (χ2n) is 2.59. The van der Waals surface area contributed by atoms with Crippen LogP contribution in [0.15, 0.2) is 30.5 Å². The van der Waals surface area contributed by atoms with Crippen molar-refractivity contribution in [3.8, 4) is 5.75 Å². The van der Waals surface area contributed by atoms with Crippen LogP contribution in [0.4, 0.5) is 4.79 Å². The van der Waals surface area contributed by atoms with E-state index in [9.17, 15) is 4.79 Å². The molecule has 0 aliphatic rings. The molecule has 0 spiro atoms. The molecule has 1 N–H and O–H groups in total. The molecule has 0 aliphatic carbocycles. The number of carboxylic acid groups (broad SMARTS) is 1. The van der Waals surface area contributed by atoms with Gasteiger partial charge in [-0.1, -0.05) is 12.1 Å². The molecule has 5 nitrogen and oxygen atoms in total. The lowest BCUT2D eigenvalue weighted by atomic mass is 10.2. The maximum atomic E-state index is 10.3. The SMILES string of the molecule is O=C(O)Oc1cnnc2ccccc12. The molecule has 70 valence electrons. The van der Waals surface area contributed by atoms with Crippen molar-refractivity contribution in [1.29, 1.82) is 0 Å². The second kappa shape index (κ2) is 3.29. The Bertz CT molecular complexity index is 479. The molecule has 1 aromatic carbocycles. The Morgan fingerprint density at radius 1 is 1.36 bits per heavy atom. The highest BCUT2D eigenvalue weighted by Gasteiger charge is 2.06. The van der Waals surface area contributed by atoms with Gasteiger partial charge in [-0.3, -0.25) is 0 Å². The largest absolute Gasteiger partial charge is 0.511 e. The zero-order valence-corrected chi connectivity index (χ0v) is 7.04. The zero-order chi connectivity index (χ0) is 9.97. The van der Waals surface area contributed by atoms with E-state index in [0.29, 0.717) is 10.9 Å². The van der Waals surface area contributed by atoms with Crippen molar-refractivity contribution in [2.75, 3.05) is 0 Å². The van der Waals surface area contributed by atoms with Crippen LogP contribution in [0.5, 0.6) is 5.75 Å². The highest BCUT2D eigenvalue weighted by atomic mass is 16.7. The van der Waals surface area contributed by atoms with Crippen molar-refractivity contribution < 1.29 is 14.6 Å². The van der Waals surface area contributed by atoms with Gasteiger partial charge in [0.25, 0.3) is 0 Å². The molecule has 0 atom stereocenters. The predicted octanol–water partition coefficient (Wildman–Crippen LogP) is 1.69. The van der Waals surface area contributed by atoms with Crippen molar-refractivity contribution in [2.45, 2.75) is 0 Å². The van der Waals surface area contributed by atoms with E-state index in [2.05, 4.69) is 14.9 Å². The normalized spacial score (nSPS) is 10.0. The van der Waals surface area contributed by atoms with E-state index in [4.69, 9.17) is 5.11 Å². The minimum absolute atomic E-state index is 0.197. The van der Waals surface area contributed by atoms with Crippen molar-refractivity contribution in [1.82, 2.24) is 10.2 Å². The standard InChI is InChI=1S/C9H6N2O3/c12-9(13)14-8-5-10-11-7-4-2-1-3-6(7)8/h1-5H,(H,12,13). The number of rotatable bonds is 1. The number of carbonyl (C=O) groups is 1. The number of aromatic nitrogens is 2. The van der Waals surface area contributed by atoms with Crippen LogP contribution in [0.1, 0.15) is 0 Å². The minimum atomic E-state index is -1.36. The quantitative estimate of drug-likeness (QED) is 0.692. The molecular formula is C9H6N2O3. The maximum Gasteiger partial charge on any atom is 0.511 e. The van der Waals surface area contributed by atoms with Gasteiger partial charge in [0.2, 0.25) is 0 Å². The van der Waals surface area contributed by atoms with E-state index in [1.54, 1.807) is 24.3 Å². The average molecular weight is 190 g/mol. The van der Waals surface area contributed by atoms with Gasteiger partial charge in [-0.05, 0) is 12.1 Å². The summed E-state index contributed by atoms with van der Waals surface area (Å²) >= 11 is 0. The summed E-state index contributed by atoms with van der Waals surface area (Å²) in [7, 11) is 0. The van der Waals surface area contributed by atoms with E-state index in [-0.39, 0.29) is 5.75 Å². The fourth-order valence-corrected chi connectivity index (χ4v) is 1.16. The molecule has 5 heteroatoms. The monoisotopic (exact) mass is 190 g/mol. The maximum absolute atomic E-state index is 10.3. The topological polar surface area (TPSA) is 72.3 Å². The first-order chi connectivity index (χ1) is 6.77. The molecule has 0 saturated carbocycles. The lowest BCUT2D eigenvalue weighted by molar-refractivity contribution is 0.145. The Morgan fingerprint density at radius 2 is 2.14 bits per heavy atom. The third-order valence-electron chi connectivity index (χ3n) is 1.71. The van der Waals surface area contributed by atoms with E-state index >= 15 is 0 Å². The number of nitrogens with zero attached hydrogens (tertiary/aromatic N) is 2. The van der Waals surface area contributed by atoms with E-state index in [1.165, 1.54) is 6.20 Å². The molecule has 0 unspecified atom stereocenters. The van der Waals surface area contributed by atoms with E-state index in [0.717, 1.165) is 0 Å². The predicted molar refractivity (Wildman–Crippen MR) is 48.2 cm³/mol. The number of benzene rings is 1. The van der Waals surface area contributed by atoms with Gasteiger partial charge in [-0.25, -0.2) is 4.79 Å². The molecule has 2 aromatic rings. The van der Waals surface area contributed by atoms with Crippen molar-refractivity contribution in [3.05, 3.63) is 30.5 Å². The smallest absolute Gasteiger partial charge is 0.449 e.